The highest BCUT2D eigenvalue weighted by atomic mass is 19.1. The van der Waals surface area contributed by atoms with E-state index in [0.717, 1.165) is 38.5 Å². The average molecular weight is 439 g/mol. The number of halogens is 1. The largest absolute Gasteiger partial charge is 0.446 e. The van der Waals surface area contributed by atoms with Crippen LogP contribution in [0.25, 0.3) is 11.3 Å². The number of nitrogens with zero attached hydrogens (tertiary/aromatic N) is 4. The highest BCUT2D eigenvalue weighted by molar-refractivity contribution is 5.68. The molecule has 2 heterocycles. The maximum absolute atomic E-state index is 14.1. The van der Waals surface area contributed by atoms with E-state index >= 15 is 0 Å². The Kier molecular flexibility index (Phi) is 6.40. The van der Waals surface area contributed by atoms with E-state index in [1.165, 1.54) is 12.1 Å². The number of piperidine rings is 1. The molecule has 32 heavy (non-hydrogen) atoms. The summed E-state index contributed by atoms with van der Waals surface area (Å²) in [7, 11) is 0. The van der Waals surface area contributed by atoms with Crippen molar-refractivity contribution in [2.75, 3.05) is 17.2 Å². The first-order chi connectivity index (χ1) is 15.4. The number of nitrogen functional groups attached to an aromatic ring is 1. The van der Waals surface area contributed by atoms with Gasteiger partial charge >= 0.3 is 6.09 Å². The number of nitriles is 1. The van der Waals surface area contributed by atoms with Gasteiger partial charge in [0.25, 0.3) is 0 Å². The van der Waals surface area contributed by atoms with Gasteiger partial charge in [-0.15, -0.1) is 0 Å². The summed E-state index contributed by atoms with van der Waals surface area (Å²) in [4.78, 5) is 23.0. The van der Waals surface area contributed by atoms with Crippen LogP contribution < -0.4 is 16.0 Å². The Labute approximate surface area is 186 Å². The molecule has 3 N–H and O–H groups in total. The lowest BCUT2D eigenvalue weighted by atomic mass is 9.99. The topological polar surface area (TPSA) is 117 Å². The highest BCUT2D eigenvalue weighted by Gasteiger charge is 2.29. The second-order valence-corrected chi connectivity index (χ2v) is 8.51. The maximum Gasteiger partial charge on any atom is 0.407 e. The van der Waals surface area contributed by atoms with Gasteiger partial charge in [0.1, 0.15) is 23.8 Å². The molecule has 4 rings (SSSR count). The summed E-state index contributed by atoms with van der Waals surface area (Å²) in [6.07, 6.45) is 5.42. The van der Waals surface area contributed by atoms with Gasteiger partial charge in [0.15, 0.2) is 0 Å². The molecule has 1 saturated carbocycles. The lowest BCUT2D eigenvalue weighted by Crippen LogP contribution is -2.51. The predicted molar refractivity (Wildman–Crippen MR) is 118 cm³/mol. The third-order valence-electron chi connectivity index (χ3n) is 6.19. The van der Waals surface area contributed by atoms with Gasteiger partial charge in [0, 0.05) is 30.3 Å². The summed E-state index contributed by atoms with van der Waals surface area (Å²) in [6.45, 7) is 2.64. The van der Waals surface area contributed by atoms with Crippen molar-refractivity contribution in [1.82, 2.24) is 15.3 Å². The Balaban J connectivity index is 1.50. The molecular weight excluding hydrogens is 411 g/mol. The van der Waals surface area contributed by atoms with Crippen LogP contribution in [0.5, 0.6) is 0 Å². The molecule has 0 spiro atoms. The van der Waals surface area contributed by atoms with Crippen LogP contribution in [0.15, 0.2) is 24.3 Å². The molecule has 0 radical (unpaired) electrons. The first-order valence-corrected chi connectivity index (χ1v) is 11.0. The van der Waals surface area contributed by atoms with Crippen molar-refractivity contribution in [3.63, 3.8) is 0 Å². The predicted octanol–water partition coefficient (Wildman–Crippen LogP) is 3.76. The number of aromatic nitrogens is 2. The standard InChI is InChI=1S/C23H27FN6O2/c1-14-6-9-17(27-23(31)32-18-4-2-3-5-18)13-30(14)21-11-20(28-22(26)29-21)15-7-8-16(12-25)19(24)10-15/h7-8,10-11,14,17-18H,2-6,9,13H2,1H3,(H,27,31)(H2,26,28,29). The average Bonchev–Trinajstić information content (AvgIpc) is 3.27. The van der Waals surface area contributed by atoms with Crippen molar-refractivity contribution < 1.29 is 13.9 Å². The van der Waals surface area contributed by atoms with Gasteiger partial charge in [0.2, 0.25) is 5.95 Å². The van der Waals surface area contributed by atoms with Crippen molar-refractivity contribution in [3.05, 3.63) is 35.6 Å². The first kappa shape index (κ1) is 21.8. The Hall–Kier alpha value is -3.41. The summed E-state index contributed by atoms with van der Waals surface area (Å²) < 4.78 is 19.6. The normalized spacial score (nSPS) is 21.2. The number of hydrogen-bond donors (Lipinski definition) is 2. The van der Waals surface area contributed by atoms with Crippen LogP contribution in [-0.2, 0) is 4.74 Å². The number of carbonyl (C=O) groups excluding carboxylic acids is 1. The molecule has 1 aliphatic heterocycles. The zero-order chi connectivity index (χ0) is 22.7. The van der Waals surface area contributed by atoms with Crippen molar-refractivity contribution >= 4 is 17.9 Å². The van der Waals surface area contributed by atoms with E-state index in [0.29, 0.717) is 23.6 Å². The molecule has 2 unspecified atom stereocenters. The maximum atomic E-state index is 14.1. The fourth-order valence-corrected chi connectivity index (χ4v) is 4.42. The molecule has 1 aliphatic carbocycles. The smallest absolute Gasteiger partial charge is 0.407 e. The first-order valence-electron chi connectivity index (χ1n) is 11.0. The molecule has 8 nitrogen and oxygen atoms in total. The molecule has 9 heteroatoms. The van der Waals surface area contributed by atoms with Crippen LogP contribution in [0.4, 0.5) is 21.0 Å². The molecule has 1 saturated heterocycles. The van der Waals surface area contributed by atoms with Gasteiger partial charge in [0.05, 0.1) is 11.3 Å². The SMILES string of the molecule is CC1CCC(NC(=O)OC2CCCC2)CN1c1cc(-c2ccc(C#N)c(F)c2)nc(N)n1. The Morgan fingerprint density at radius 2 is 2.03 bits per heavy atom. The zero-order valence-corrected chi connectivity index (χ0v) is 18.1. The fourth-order valence-electron chi connectivity index (χ4n) is 4.42. The molecule has 168 valence electrons. The summed E-state index contributed by atoms with van der Waals surface area (Å²) in [6, 6.07) is 8.00. The Bertz CT molecular complexity index is 1030. The molecule has 2 fully saturated rings. The second-order valence-electron chi connectivity index (χ2n) is 8.51. The highest BCUT2D eigenvalue weighted by Crippen LogP contribution is 2.29. The number of nitrogens with two attached hydrogens (primary N) is 1. The number of nitrogens with one attached hydrogen (secondary N) is 1. The second kappa shape index (κ2) is 9.39. The summed E-state index contributed by atoms with van der Waals surface area (Å²) in [5.41, 5.74) is 6.92. The molecular formula is C23H27FN6O2. The molecule has 2 atom stereocenters. The number of rotatable bonds is 4. The molecule has 1 amide bonds. The van der Waals surface area contributed by atoms with Crippen LogP contribution in [0, 0.1) is 17.1 Å². The lowest BCUT2D eigenvalue weighted by molar-refractivity contribution is 0.0967. The third kappa shape index (κ3) is 4.90. The van der Waals surface area contributed by atoms with Crippen LogP contribution in [0.3, 0.4) is 0 Å². The minimum atomic E-state index is -0.611. The van der Waals surface area contributed by atoms with Crippen molar-refractivity contribution in [2.24, 2.45) is 0 Å². The summed E-state index contributed by atoms with van der Waals surface area (Å²) >= 11 is 0. The molecule has 1 aromatic heterocycles. The number of carbonyl (C=O) groups is 1. The molecule has 2 aliphatic rings. The number of ether oxygens (including phenoxy) is 1. The minimum absolute atomic E-state index is 0.0191. The van der Waals surface area contributed by atoms with E-state index in [4.69, 9.17) is 15.7 Å². The number of amides is 1. The molecule has 0 bridgehead atoms. The van der Waals surface area contributed by atoms with Crippen LogP contribution >= 0.6 is 0 Å². The van der Waals surface area contributed by atoms with E-state index in [1.54, 1.807) is 12.1 Å². The van der Waals surface area contributed by atoms with Gasteiger partial charge in [-0.2, -0.15) is 10.2 Å². The summed E-state index contributed by atoms with van der Waals surface area (Å²) in [5.74, 6) is 0.0748. The van der Waals surface area contributed by atoms with E-state index in [1.807, 2.05) is 6.07 Å². The van der Waals surface area contributed by atoms with Crippen LogP contribution in [0.2, 0.25) is 0 Å². The lowest BCUT2D eigenvalue weighted by Gasteiger charge is -2.39. The summed E-state index contributed by atoms with van der Waals surface area (Å²) in [5, 5.41) is 11.9. The minimum Gasteiger partial charge on any atom is -0.446 e. The van der Waals surface area contributed by atoms with Crippen LogP contribution in [-0.4, -0.2) is 40.8 Å². The van der Waals surface area contributed by atoms with E-state index < -0.39 is 5.82 Å². The number of anilines is 2. The van der Waals surface area contributed by atoms with Gasteiger partial charge in [-0.25, -0.2) is 14.2 Å². The molecule has 2 aromatic rings. The quantitative estimate of drug-likeness (QED) is 0.746. The van der Waals surface area contributed by atoms with E-state index in [-0.39, 0.29) is 35.8 Å². The monoisotopic (exact) mass is 438 g/mol. The zero-order valence-electron chi connectivity index (χ0n) is 18.1. The van der Waals surface area contributed by atoms with Crippen molar-refractivity contribution in [3.8, 4) is 17.3 Å². The van der Waals surface area contributed by atoms with Gasteiger partial charge in [-0.1, -0.05) is 6.07 Å². The Morgan fingerprint density at radius 3 is 2.75 bits per heavy atom. The van der Waals surface area contributed by atoms with E-state index in [2.05, 4.69) is 27.1 Å². The third-order valence-corrected chi connectivity index (χ3v) is 6.19. The molecule has 1 aromatic carbocycles. The Morgan fingerprint density at radius 1 is 1.25 bits per heavy atom. The van der Waals surface area contributed by atoms with E-state index in [9.17, 15) is 9.18 Å². The fraction of sp³-hybridized carbons (Fsp3) is 0.478. The number of alkyl carbamates (subject to hydrolysis) is 1. The van der Waals surface area contributed by atoms with Gasteiger partial charge in [-0.3, -0.25) is 0 Å². The van der Waals surface area contributed by atoms with Gasteiger partial charge in [-0.05, 0) is 57.6 Å². The van der Waals surface area contributed by atoms with Crippen molar-refractivity contribution in [1.29, 1.82) is 5.26 Å². The number of benzene rings is 1. The van der Waals surface area contributed by atoms with Gasteiger partial charge < -0.3 is 20.7 Å². The van der Waals surface area contributed by atoms with Crippen LogP contribution in [0.1, 0.15) is 51.0 Å². The van der Waals surface area contributed by atoms with Crippen molar-refractivity contribution in [2.45, 2.75) is 63.6 Å². The number of hydrogen-bond acceptors (Lipinski definition) is 7.